The third-order valence-electron chi connectivity index (χ3n) is 6.14. The maximum absolute atomic E-state index is 13.8. The van der Waals surface area contributed by atoms with Crippen LogP contribution in [-0.2, 0) is 10.0 Å². The highest BCUT2D eigenvalue weighted by Gasteiger charge is 2.50. The lowest BCUT2D eigenvalue weighted by Crippen LogP contribution is -2.50. The Morgan fingerprint density at radius 3 is 2.17 bits per heavy atom. The van der Waals surface area contributed by atoms with Crippen molar-refractivity contribution >= 4 is 37.4 Å². The minimum atomic E-state index is -4.00. The lowest BCUT2D eigenvalue weighted by Gasteiger charge is -2.50. The Morgan fingerprint density at radius 1 is 1.03 bits per heavy atom. The number of nitro benzene ring substituents is 1. The summed E-state index contributed by atoms with van der Waals surface area (Å²) in [7, 11) is -4.00. The third kappa shape index (κ3) is 4.78. The Hall–Kier alpha value is -3.30. The van der Waals surface area contributed by atoms with Crippen LogP contribution in [0, 0.1) is 23.0 Å². The largest absolute Gasteiger partial charge is 0.289 e. The first-order valence-corrected chi connectivity index (χ1v) is 13.2. The van der Waals surface area contributed by atoms with Gasteiger partial charge in [0, 0.05) is 39.9 Å². The van der Waals surface area contributed by atoms with Crippen molar-refractivity contribution in [2.45, 2.75) is 31.2 Å². The molecule has 1 aliphatic rings. The average Bonchev–Trinajstić information content (AvgIpc) is 2.82. The van der Waals surface area contributed by atoms with E-state index in [0.29, 0.717) is 23.2 Å². The first-order chi connectivity index (χ1) is 16.6. The number of halogens is 1. The number of hydrogen-bond acceptors (Lipinski definition) is 5. The maximum atomic E-state index is 13.8. The molecule has 3 aromatic rings. The van der Waals surface area contributed by atoms with Crippen LogP contribution in [0.3, 0.4) is 0 Å². The van der Waals surface area contributed by atoms with E-state index in [1.165, 1.54) is 22.5 Å². The van der Waals surface area contributed by atoms with Gasteiger partial charge in [-0.2, -0.15) is 0 Å². The Labute approximate surface area is 212 Å². The highest BCUT2D eigenvalue weighted by molar-refractivity contribution is 9.10. The molecule has 9 heteroatoms. The van der Waals surface area contributed by atoms with Gasteiger partial charge in [0.1, 0.15) is 0 Å². The fourth-order valence-electron chi connectivity index (χ4n) is 4.27. The molecule has 180 valence electrons. The number of nitro groups is 1. The van der Waals surface area contributed by atoms with Crippen molar-refractivity contribution < 1.29 is 18.1 Å². The number of aryl methyl sites for hydroxylation is 1. The van der Waals surface area contributed by atoms with Crippen LogP contribution in [0.15, 0.2) is 93.9 Å². The van der Waals surface area contributed by atoms with Crippen molar-refractivity contribution in [1.82, 2.24) is 4.31 Å². The molecule has 3 aromatic carbocycles. The summed E-state index contributed by atoms with van der Waals surface area (Å²) in [5.74, 6) is -0.548. The number of rotatable bonds is 7. The van der Waals surface area contributed by atoms with Crippen LogP contribution in [0.4, 0.5) is 5.69 Å². The highest BCUT2D eigenvalue weighted by Crippen LogP contribution is 2.52. The van der Waals surface area contributed by atoms with Crippen LogP contribution < -0.4 is 0 Å². The summed E-state index contributed by atoms with van der Waals surface area (Å²) < 4.78 is 29.7. The average molecular weight is 555 g/mol. The second-order valence-electron chi connectivity index (χ2n) is 8.36. The summed E-state index contributed by atoms with van der Waals surface area (Å²) >= 11 is 3.35. The van der Waals surface area contributed by atoms with Crippen LogP contribution in [0.1, 0.15) is 40.9 Å². The van der Waals surface area contributed by atoms with E-state index in [-0.39, 0.29) is 22.3 Å². The number of non-ortho nitro benzene ring substituents is 1. The number of nitrogens with zero attached hydrogens (tertiary/aromatic N) is 2. The van der Waals surface area contributed by atoms with Gasteiger partial charge in [0.15, 0.2) is 5.78 Å². The van der Waals surface area contributed by atoms with E-state index in [1.54, 1.807) is 60.7 Å². The van der Waals surface area contributed by atoms with Gasteiger partial charge in [-0.25, -0.2) is 8.42 Å². The first kappa shape index (κ1) is 24.8. The molecular weight excluding hydrogens is 532 g/mol. The fourth-order valence-corrected chi connectivity index (χ4v) is 6.28. The maximum Gasteiger partial charge on any atom is 0.269 e. The van der Waals surface area contributed by atoms with E-state index in [2.05, 4.69) is 15.9 Å². The molecule has 1 saturated heterocycles. The Bertz CT molecular complexity index is 1400. The summed E-state index contributed by atoms with van der Waals surface area (Å²) in [6, 6.07) is 18.7. The minimum Gasteiger partial charge on any atom is -0.289 e. The summed E-state index contributed by atoms with van der Waals surface area (Å²) in [5, 5.41) is 11.1. The zero-order chi connectivity index (χ0) is 25.3. The van der Waals surface area contributed by atoms with Crippen LogP contribution in [-0.4, -0.2) is 23.4 Å². The Balaban J connectivity index is 1.81. The number of benzene rings is 3. The van der Waals surface area contributed by atoms with E-state index >= 15 is 0 Å². The number of carbonyl (C=O) groups is 1. The lowest BCUT2D eigenvalue weighted by molar-refractivity contribution is -0.384. The van der Waals surface area contributed by atoms with Crippen LogP contribution in [0.25, 0.3) is 0 Å². The third-order valence-corrected chi connectivity index (χ3v) is 8.49. The molecule has 0 bridgehead atoms. The van der Waals surface area contributed by atoms with Gasteiger partial charge in [-0.1, -0.05) is 52.7 Å². The first-order valence-electron chi connectivity index (χ1n) is 11.0. The molecule has 0 spiro atoms. The van der Waals surface area contributed by atoms with Crippen molar-refractivity contribution in [3.05, 3.63) is 116 Å². The SMILES string of the molecule is CC[C@H]1/C(=C\C(=O)c2ccc(Br)cc2)N(S(=O)(=O)c2ccc(C)cc2)[C@@H]1c1ccc([N+](=O)[O-])cc1. The van der Waals surface area contributed by atoms with Gasteiger partial charge in [-0.05, 0) is 55.3 Å². The van der Waals surface area contributed by atoms with Crippen LogP contribution in [0.5, 0.6) is 0 Å². The van der Waals surface area contributed by atoms with Crippen molar-refractivity contribution in [3.8, 4) is 0 Å². The monoisotopic (exact) mass is 554 g/mol. The molecule has 0 aromatic heterocycles. The molecule has 1 fully saturated rings. The van der Waals surface area contributed by atoms with E-state index < -0.39 is 21.0 Å². The molecule has 0 unspecified atom stereocenters. The molecule has 35 heavy (non-hydrogen) atoms. The van der Waals surface area contributed by atoms with Gasteiger partial charge in [-0.3, -0.25) is 19.2 Å². The topological polar surface area (TPSA) is 97.6 Å². The zero-order valence-corrected chi connectivity index (χ0v) is 21.5. The summed E-state index contributed by atoms with van der Waals surface area (Å²) in [6.07, 6.45) is 1.98. The lowest BCUT2D eigenvalue weighted by atomic mass is 9.80. The van der Waals surface area contributed by atoms with Gasteiger partial charge in [0.25, 0.3) is 15.7 Å². The summed E-state index contributed by atoms with van der Waals surface area (Å²) in [4.78, 5) is 23.8. The van der Waals surface area contributed by atoms with Gasteiger partial charge >= 0.3 is 0 Å². The second-order valence-corrected chi connectivity index (χ2v) is 11.1. The molecule has 0 amide bonds. The number of hydrogen-bond donors (Lipinski definition) is 0. The predicted octanol–water partition coefficient (Wildman–Crippen LogP) is 6.20. The smallest absolute Gasteiger partial charge is 0.269 e. The second kappa shape index (κ2) is 9.75. The molecule has 0 saturated carbocycles. The fraction of sp³-hybridized carbons (Fsp3) is 0.192. The van der Waals surface area contributed by atoms with Gasteiger partial charge in [-0.15, -0.1) is 0 Å². The molecule has 4 rings (SSSR count). The molecule has 2 atom stereocenters. The van der Waals surface area contributed by atoms with E-state index in [4.69, 9.17) is 0 Å². The van der Waals surface area contributed by atoms with Crippen molar-refractivity contribution in [2.24, 2.45) is 5.92 Å². The van der Waals surface area contributed by atoms with E-state index in [9.17, 15) is 23.3 Å². The normalized spacial score (nSPS) is 18.8. The van der Waals surface area contributed by atoms with Crippen molar-refractivity contribution in [3.63, 3.8) is 0 Å². The minimum absolute atomic E-state index is 0.0738. The van der Waals surface area contributed by atoms with E-state index in [1.807, 2.05) is 13.8 Å². The molecular formula is C26H23BrN2O5S. The van der Waals surface area contributed by atoms with E-state index in [0.717, 1.165) is 10.0 Å². The number of allylic oxidation sites excluding steroid dienone is 1. The van der Waals surface area contributed by atoms with Crippen LogP contribution in [0.2, 0.25) is 0 Å². The molecule has 7 nitrogen and oxygen atoms in total. The zero-order valence-electron chi connectivity index (χ0n) is 19.1. The van der Waals surface area contributed by atoms with Crippen LogP contribution >= 0.6 is 15.9 Å². The molecule has 0 radical (unpaired) electrons. The summed E-state index contributed by atoms with van der Waals surface area (Å²) in [6.45, 7) is 3.80. The Kier molecular flexibility index (Phi) is 6.91. The Morgan fingerprint density at radius 2 is 1.63 bits per heavy atom. The number of sulfonamides is 1. The van der Waals surface area contributed by atoms with Gasteiger partial charge < -0.3 is 0 Å². The molecule has 1 aliphatic heterocycles. The summed E-state index contributed by atoms with van der Waals surface area (Å²) in [5.41, 5.74) is 2.33. The number of carbonyl (C=O) groups excluding carboxylic acids is 1. The van der Waals surface area contributed by atoms with Crippen molar-refractivity contribution in [1.29, 1.82) is 0 Å². The van der Waals surface area contributed by atoms with Gasteiger partial charge in [0.2, 0.25) is 0 Å². The quantitative estimate of drug-likeness (QED) is 0.150. The predicted molar refractivity (Wildman–Crippen MR) is 136 cm³/mol. The van der Waals surface area contributed by atoms with Crippen molar-refractivity contribution in [2.75, 3.05) is 0 Å². The standard InChI is InChI=1S/C26H23BrN2O5S/c1-3-23-24(16-25(30)18-6-10-20(27)11-7-18)28(35(33,34)22-14-4-17(2)5-15-22)26(23)19-8-12-21(13-9-19)29(31)32/h4-16,23,26H,3H2,1-2H3/b24-16+/t23-,26+/m0/s1. The molecule has 0 N–H and O–H groups in total. The number of ketones is 1. The highest BCUT2D eigenvalue weighted by atomic mass is 79.9. The van der Waals surface area contributed by atoms with Gasteiger partial charge in [0.05, 0.1) is 15.9 Å². The molecule has 0 aliphatic carbocycles. The molecule has 1 heterocycles.